The monoisotopic (exact) mass is 227 g/mol. The second-order valence-electron chi connectivity index (χ2n) is 3.94. The zero-order valence-corrected chi connectivity index (χ0v) is 10.1. The molecule has 3 N–H and O–H groups in total. The van der Waals surface area contributed by atoms with E-state index in [1.54, 1.807) is 6.07 Å². The molecule has 0 bridgehead atoms. The number of hydrogen-bond acceptors (Lipinski definition) is 3. The maximum atomic E-state index is 11.4. The number of nitrogens with two attached hydrogens (primary N) is 1. The van der Waals surface area contributed by atoms with Gasteiger partial charge in [-0.25, -0.2) is 14.1 Å². The highest BCUT2D eigenvalue weighted by molar-refractivity contribution is 7.90. The van der Waals surface area contributed by atoms with E-state index in [4.69, 9.17) is 9.92 Å². The molecule has 1 aromatic rings. The molecule has 0 aromatic heterocycles. The third kappa shape index (κ3) is 3.30. The highest BCUT2D eigenvalue weighted by atomic mass is 32.2. The fourth-order valence-electron chi connectivity index (χ4n) is 1.52. The first-order valence-electron chi connectivity index (χ1n) is 4.61. The molecule has 15 heavy (non-hydrogen) atoms. The molecule has 1 atom stereocenters. The Labute approximate surface area is 91.2 Å². The lowest BCUT2D eigenvalue weighted by Gasteiger charge is -2.12. The van der Waals surface area contributed by atoms with Gasteiger partial charge in [0.25, 0.3) is 0 Å². The Kier molecular flexibility index (Phi) is 3.49. The van der Waals surface area contributed by atoms with Crippen LogP contribution in [0.3, 0.4) is 0 Å². The minimum absolute atomic E-state index is 0.421. The average molecular weight is 227 g/mol. The first kappa shape index (κ1) is 12.2. The molecule has 0 aliphatic heterocycles. The minimum atomic E-state index is -3.09. The molecule has 0 aliphatic rings. The van der Waals surface area contributed by atoms with Gasteiger partial charge in [-0.05, 0) is 38.2 Å². The van der Waals surface area contributed by atoms with Crippen molar-refractivity contribution in [2.75, 3.05) is 14.1 Å². The fourth-order valence-corrected chi connectivity index (χ4v) is 2.32. The zero-order valence-electron chi connectivity index (χ0n) is 9.28. The molecule has 0 amide bonds. The first-order chi connectivity index (χ1) is 6.80. The lowest BCUT2D eigenvalue weighted by molar-refractivity contribution is 0.402. The Bertz CT molecular complexity index is 452. The van der Waals surface area contributed by atoms with Crippen molar-refractivity contribution in [2.45, 2.75) is 18.4 Å². The van der Waals surface area contributed by atoms with E-state index in [1.165, 1.54) is 0 Å². The average Bonchev–Trinajstić information content (AvgIpc) is 1.99. The van der Waals surface area contributed by atoms with Gasteiger partial charge in [0.1, 0.15) is 9.92 Å². The van der Waals surface area contributed by atoms with E-state index in [9.17, 15) is 4.21 Å². The van der Waals surface area contributed by atoms with Crippen LogP contribution in [-0.4, -0.2) is 23.2 Å². The molecule has 1 rings (SSSR count). The Morgan fingerprint density at radius 1 is 1.47 bits per heavy atom. The predicted molar refractivity (Wildman–Crippen MR) is 61.9 cm³/mol. The summed E-state index contributed by atoms with van der Waals surface area (Å²) in [4.78, 5) is 2.47. The SMILES string of the molecule is Cc1cc(CN(C)C)ccc1S(=N)(N)=O. The van der Waals surface area contributed by atoms with Crippen LogP contribution in [0.15, 0.2) is 23.1 Å². The van der Waals surface area contributed by atoms with Crippen LogP contribution in [0.4, 0.5) is 0 Å². The molecule has 0 fully saturated rings. The van der Waals surface area contributed by atoms with Crippen molar-refractivity contribution in [1.29, 1.82) is 4.78 Å². The van der Waals surface area contributed by atoms with Crippen LogP contribution in [0.25, 0.3) is 0 Å². The largest absolute Gasteiger partial charge is 0.305 e. The number of hydrogen-bond donors (Lipinski definition) is 2. The number of aryl methyl sites for hydroxylation is 1. The summed E-state index contributed by atoms with van der Waals surface area (Å²) in [7, 11) is 0.880. The maximum Gasteiger partial charge on any atom is 0.132 e. The van der Waals surface area contributed by atoms with Gasteiger partial charge in [0, 0.05) is 6.54 Å². The van der Waals surface area contributed by atoms with Crippen molar-refractivity contribution in [3.8, 4) is 0 Å². The third-order valence-electron chi connectivity index (χ3n) is 2.06. The van der Waals surface area contributed by atoms with Gasteiger partial charge in [-0.3, -0.25) is 0 Å². The number of rotatable bonds is 3. The van der Waals surface area contributed by atoms with Crippen molar-refractivity contribution >= 4 is 9.92 Å². The summed E-state index contributed by atoms with van der Waals surface area (Å²) in [6.45, 7) is 2.65. The molecule has 1 aromatic carbocycles. The quantitative estimate of drug-likeness (QED) is 0.818. The van der Waals surface area contributed by atoms with Crippen molar-refractivity contribution in [3.63, 3.8) is 0 Å². The molecular formula is C10H17N3OS. The third-order valence-corrected chi connectivity index (χ3v) is 3.18. The molecule has 4 nitrogen and oxygen atoms in total. The second kappa shape index (κ2) is 4.30. The summed E-state index contributed by atoms with van der Waals surface area (Å²) < 4.78 is 18.7. The minimum Gasteiger partial charge on any atom is -0.305 e. The lowest BCUT2D eigenvalue weighted by atomic mass is 10.1. The summed E-state index contributed by atoms with van der Waals surface area (Å²) in [5.74, 6) is 0. The maximum absolute atomic E-state index is 11.4. The number of nitrogens with zero attached hydrogens (tertiary/aromatic N) is 1. The molecule has 84 valence electrons. The van der Waals surface area contributed by atoms with E-state index in [-0.39, 0.29) is 0 Å². The van der Waals surface area contributed by atoms with Gasteiger partial charge in [0.05, 0.1) is 4.90 Å². The van der Waals surface area contributed by atoms with Crippen molar-refractivity contribution in [2.24, 2.45) is 5.14 Å². The molecule has 0 aliphatic carbocycles. The van der Waals surface area contributed by atoms with E-state index in [2.05, 4.69) is 4.90 Å². The Morgan fingerprint density at radius 2 is 2.07 bits per heavy atom. The summed E-state index contributed by atoms with van der Waals surface area (Å²) in [5.41, 5.74) is 1.95. The second-order valence-corrected chi connectivity index (χ2v) is 5.58. The molecule has 1 unspecified atom stereocenters. The van der Waals surface area contributed by atoms with Crippen molar-refractivity contribution < 1.29 is 4.21 Å². The number of nitrogens with one attached hydrogen (secondary N) is 1. The zero-order chi connectivity index (χ0) is 11.6. The van der Waals surface area contributed by atoms with E-state index >= 15 is 0 Å². The van der Waals surface area contributed by atoms with Crippen LogP contribution in [0.1, 0.15) is 11.1 Å². The van der Waals surface area contributed by atoms with E-state index in [0.29, 0.717) is 4.90 Å². The van der Waals surface area contributed by atoms with Gasteiger partial charge in [-0.1, -0.05) is 12.1 Å². The normalized spacial score (nSPS) is 15.3. The summed E-state index contributed by atoms with van der Waals surface area (Å²) in [6.07, 6.45) is 0. The predicted octanol–water partition coefficient (Wildman–Crippen LogP) is 1.34. The smallest absolute Gasteiger partial charge is 0.132 e. The summed E-state index contributed by atoms with van der Waals surface area (Å²) in [6, 6.07) is 5.48. The van der Waals surface area contributed by atoms with Gasteiger partial charge >= 0.3 is 0 Å². The van der Waals surface area contributed by atoms with Crippen LogP contribution in [0.5, 0.6) is 0 Å². The van der Waals surface area contributed by atoms with Gasteiger partial charge in [-0.2, -0.15) is 0 Å². The highest BCUT2D eigenvalue weighted by Gasteiger charge is 2.08. The van der Waals surface area contributed by atoms with Crippen LogP contribution < -0.4 is 5.14 Å². The van der Waals surface area contributed by atoms with Gasteiger partial charge in [0.15, 0.2) is 0 Å². The van der Waals surface area contributed by atoms with Crippen LogP contribution >= 0.6 is 0 Å². The molecule has 0 radical (unpaired) electrons. The molecule has 0 spiro atoms. The van der Waals surface area contributed by atoms with E-state index in [1.807, 2.05) is 33.2 Å². The topological polar surface area (TPSA) is 70.2 Å². The molecular weight excluding hydrogens is 210 g/mol. The Morgan fingerprint density at radius 3 is 2.47 bits per heavy atom. The van der Waals surface area contributed by atoms with Crippen molar-refractivity contribution in [1.82, 2.24) is 4.90 Å². The van der Waals surface area contributed by atoms with Crippen LogP contribution in [-0.2, 0) is 16.5 Å². The fraction of sp³-hybridized carbons (Fsp3) is 0.400. The Hall–Kier alpha value is -0.910. The Balaban J connectivity index is 3.09. The van der Waals surface area contributed by atoms with Crippen LogP contribution in [0.2, 0.25) is 0 Å². The van der Waals surface area contributed by atoms with Crippen LogP contribution in [0, 0.1) is 11.7 Å². The van der Waals surface area contributed by atoms with E-state index < -0.39 is 9.92 Å². The number of benzene rings is 1. The van der Waals surface area contributed by atoms with E-state index in [0.717, 1.165) is 17.7 Å². The molecule has 0 heterocycles. The van der Waals surface area contributed by atoms with Gasteiger partial charge in [-0.15, -0.1) is 0 Å². The van der Waals surface area contributed by atoms with Crippen molar-refractivity contribution in [3.05, 3.63) is 29.3 Å². The van der Waals surface area contributed by atoms with Gasteiger partial charge < -0.3 is 4.90 Å². The standard InChI is InChI=1S/C10H17N3OS/c1-8-6-9(7-13(2)3)4-5-10(8)15(11,12)14/h4-6H,7H2,1-3H3,(H3,11,12,14). The molecule has 5 heteroatoms. The molecule has 0 saturated heterocycles. The summed E-state index contributed by atoms with van der Waals surface area (Å²) in [5, 5.41) is 5.29. The first-order valence-corrected chi connectivity index (χ1v) is 6.23. The van der Waals surface area contributed by atoms with Gasteiger partial charge in [0.2, 0.25) is 0 Å². The molecule has 0 saturated carbocycles. The highest BCUT2D eigenvalue weighted by Crippen LogP contribution is 2.16. The summed E-state index contributed by atoms with van der Waals surface area (Å²) >= 11 is 0. The lowest BCUT2D eigenvalue weighted by Crippen LogP contribution is -2.14.